The Hall–Kier alpha value is -1.89. The fourth-order valence-corrected chi connectivity index (χ4v) is 4.15. The summed E-state index contributed by atoms with van der Waals surface area (Å²) in [6.45, 7) is 2.16. The molecule has 1 fully saturated rings. The minimum Gasteiger partial charge on any atom is -0.376 e. The number of hydrogen-bond donors (Lipinski definition) is 0. The van der Waals surface area contributed by atoms with E-state index in [4.69, 9.17) is 16.3 Å². The molecule has 0 spiro atoms. The van der Waals surface area contributed by atoms with Crippen LogP contribution in [0, 0.1) is 0 Å². The molecule has 28 heavy (non-hydrogen) atoms. The highest BCUT2D eigenvalue weighted by Crippen LogP contribution is 2.17. The monoisotopic (exact) mass is 420 g/mol. The number of carbonyl (C=O) groups is 2. The summed E-state index contributed by atoms with van der Waals surface area (Å²) in [5, 5.41) is 2.00. The van der Waals surface area contributed by atoms with Crippen molar-refractivity contribution in [2.75, 3.05) is 25.6 Å². The van der Waals surface area contributed by atoms with Gasteiger partial charge in [0.05, 0.1) is 19.2 Å². The lowest BCUT2D eigenvalue weighted by Gasteiger charge is -2.28. The highest BCUT2D eigenvalue weighted by atomic mass is 35.5. The molecule has 1 unspecified atom stereocenters. The molecular weight excluding hydrogens is 396 g/mol. The number of amides is 2. The SMILES string of the molecule is O=C(CN(CC1CCCO1)C(=O)CCl)N(Cc1ccccc1)Cc1cccs1. The van der Waals surface area contributed by atoms with Crippen LogP contribution in [0.5, 0.6) is 0 Å². The van der Waals surface area contributed by atoms with Crippen LogP contribution in [0.3, 0.4) is 0 Å². The summed E-state index contributed by atoms with van der Waals surface area (Å²) >= 11 is 7.40. The Morgan fingerprint density at radius 3 is 2.54 bits per heavy atom. The van der Waals surface area contributed by atoms with Crippen molar-refractivity contribution in [2.45, 2.75) is 32.0 Å². The molecular formula is C21H25ClN2O3S. The van der Waals surface area contributed by atoms with E-state index in [-0.39, 0.29) is 30.3 Å². The molecule has 0 bridgehead atoms. The minimum absolute atomic E-state index is 0.0140. The lowest BCUT2D eigenvalue weighted by atomic mass is 10.2. The normalized spacial score (nSPS) is 16.1. The van der Waals surface area contributed by atoms with Crippen molar-refractivity contribution in [1.29, 1.82) is 0 Å². The van der Waals surface area contributed by atoms with E-state index >= 15 is 0 Å². The molecule has 0 aliphatic carbocycles. The van der Waals surface area contributed by atoms with Crippen LogP contribution in [-0.2, 0) is 27.4 Å². The topological polar surface area (TPSA) is 49.9 Å². The van der Waals surface area contributed by atoms with Gasteiger partial charge in [-0.1, -0.05) is 36.4 Å². The van der Waals surface area contributed by atoms with Crippen molar-refractivity contribution in [3.05, 3.63) is 58.3 Å². The Balaban J connectivity index is 1.70. The van der Waals surface area contributed by atoms with Crippen molar-refractivity contribution < 1.29 is 14.3 Å². The second kappa shape index (κ2) is 10.6. The zero-order valence-electron chi connectivity index (χ0n) is 15.8. The highest BCUT2D eigenvalue weighted by molar-refractivity contribution is 7.09. The predicted octanol–water partition coefficient (Wildman–Crippen LogP) is 3.52. The van der Waals surface area contributed by atoms with Crippen LogP contribution in [0.15, 0.2) is 47.8 Å². The third-order valence-electron chi connectivity index (χ3n) is 4.74. The van der Waals surface area contributed by atoms with E-state index < -0.39 is 0 Å². The van der Waals surface area contributed by atoms with Crippen LogP contribution in [-0.4, -0.2) is 53.3 Å². The number of benzene rings is 1. The van der Waals surface area contributed by atoms with Crippen LogP contribution >= 0.6 is 22.9 Å². The van der Waals surface area contributed by atoms with Crippen LogP contribution in [0.25, 0.3) is 0 Å². The third-order valence-corrected chi connectivity index (χ3v) is 5.83. The molecule has 0 saturated carbocycles. The lowest BCUT2D eigenvalue weighted by molar-refractivity contribution is -0.141. The number of ether oxygens (including phenoxy) is 1. The van der Waals surface area contributed by atoms with Gasteiger partial charge < -0.3 is 14.5 Å². The molecule has 0 N–H and O–H groups in total. The molecule has 1 aliphatic heterocycles. The van der Waals surface area contributed by atoms with Gasteiger partial charge in [0.2, 0.25) is 11.8 Å². The molecule has 2 amide bonds. The molecule has 1 aliphatic rings. The fraction of sp³-hybridized carbons (Fsp3) is 0.429. The van der Waals surface area contributed by atoms with Crippen LogP contribution in [0.2, 0.25) is 0 Å². The maximum atomic E-state index is 13.1. The van der Waals surface area contributed by atoms with Gasteiger partial charge in [-0.25, -0.2) is 0 Å². The van der Waals surface area contributed by atoms with E-state index in [9.17, 15) is 9.59 Å². The van der Waals surface area contributed by atoms with Gasteiger partial charge in [0, 0.05) is 24.6 Å². The Morgan fingerprint density at radius 1 is 1.07 bits per heavy atom. The Labute approximate surface area is 174 Å². The first kappa shape index (κ1) is 20.8. The van der Waals surface area contributed by atoms with Crippen molar-refractivity contribution in [3.63, 3.8) is 0 Å². The summed E-state index contributed by atoms with van der Waals surface area (Å²) in [6.07, 6.45) is 1.88. The smallest absolute Gasteiger partial charge is 0.242 e. The lowest BCUT2D eigenvalue weighted by Crippen LogP contribution is -2.45. The molecule has 2 heterocycles. The summed E-state index contributed by atoms with van der Waals surface area (Å²) in [5.74, 6) is -0.459. The van der Waals surface area contributed by atoms with E-state index in [1.54, 1.807) is 16.2 Å². The first-order valence-corrected chi connectivity index (χ1v) is 10.9. The van der Waals surface area contributed by atoms with E-state index in [1.807, 2.05) is 47.8 Å². The number of nitrogens with zero attached hydrogens (tertiary/aromatic N) is 2. The standard InChI is InChI=1S/C21H25ClN2O3S/c22-12-20(25)24(14-18-8-4-10-27-18)16-21(26)23(15-19-9-5-11-28-19)13-17-6-2-1-3-7-17/h1-3,5-7,9,11,18H,4,8,10,12-16H2. The molecule has 1 saturated heterocycles. The molecule has 5 nitrogen and oxygen atoms in total. The number of halogens is 1. The minimum atomic E-state index is -0.235. The zero-order valence-corrected chi connectivity index (χ0v) is 17.3. The summed E-state index contributed by atoms with van der Waals surface area (Å²) < 4.78 is 5.64. The Kier molecular flexibility index (Phi) is 7.89. The molecule has 0 radical (unpaired) electrons. The summed E-state index contributed by atoms with van der Waals surface area (Å²) in [6, 6.07) is 13.9. The Morgan fingerprint density at radius 2 is 1.89 bits per heavy atom. The number of thiophene rings is 1. The van der Waals surface area contributed by atoms with Gasteiger partial charge in [0.15, 0.2) is 0 Å². The fourth-order valence-electron chi connectivity index (χ4n) is 3.26. The van der Waals surface area contributed by atoms with Gasteiger partial charge in [-0.05, 0) is 29.9 Å². The molecule has 3 rings (SSSR count). The van der Waals surface area contributed by atoms with Gasteiger partial charge in [-0.3, -0.25) is 9.59 Å². The average molecular weight is 421 g/mol. The maximum Gasteiger partial charge on any atom is 0.242 e. The summed E-state index contributed by atoms with van der Waals surface area (Å²) in [5.41, 5.74) is 1.06. The van der Waals surface area contributed by atoms with Gasteiger partial charge in [-0.15, -0.1) is 22.9 Å². The van der Waals surface area contributed by atoms with Crippen LogP contribution < -0.4 is 0 Å². The molecule has 1 atom stereocenters. The van der Waals surface area contributed by atoms with E-state index in [1.165, 1.54) is 4.90 Å². The molecule has 1 aromatic carbocycles. The number of hydrogen-bond acceptors (Lipinski definition) is 4. The quantitative estimate of drug-likeness (QED) is 0.583. The number of alkyl halides is 1. The molecule has 1 aromatic heterocycles. The van der Waals surface area contributed by atoms with Crippen LogP contribution in [0.4, 0.5) is 0 Å². The maximum absolute atomic E-state index is 13.1. The number of rotatable bonds is 9. The number of carbonyl (C=O) groups excluding carboxylic acids is 2. The van der Waals surface area contributed by atoms with E-state index in [2.05, 4.69) is 0 Å². The van der Waals surface area contributed by atoms with Crippen LogP contribution in [0.1, 0.15) is 23.3 Å². The summed E-state index contributed by atoms with van der Waals surface area (Å²) in [4.78, 5) is 29.9. The van der Waals surface area contributed by atoms with Crippen molar-refractivity contribution in [1.82, 2.24) is 9.80 Å². The molecule has 2 aromatic rings. The zero-order chi connectivity index (χ0) is 19.8. The molecule has 7 heteroatoms. The van der Waals surface area contributed by atoms with E-state index in [0.717, 1.165) is 23.3 Å². The average Bonchev–Trinajstić information content (AvgIpc) is 3.41. The van der Waals surface area contributed by atoms with Crippen molar-refractivity contribution >= 4 is 34.8 Å². The van der Waals surface area contributed by atoms with Gasteiger partial charge in [-0.2, -0.15) is 0 Å². The first-order valence-electron chi connectivity index (χ1n) is 9.45. The first-order chi connectivity index (χ1) is 13.7. The van der Waals surface area contributed by atoms with Crippen molar-refractivity contribution in [2.24, 2.45) is 0 Å². The van der Waals surface area contributed by atoms with Crippen molar-refractivity contribution in [3.8, 4) is 0 Å². The predicted molar refractivity (Wildman–Crippen MR) is 111 cm³/mol. The second-order valence-corrected chi connectivity index (χ2v) is 8.16. The van der Waals surface area contributed by atoms with Gasteiger partial charge >= 0.3 is 0 Å². The largest absolute Gasteiger partial charge is 0.376 e. The Bertz CT molecular complexity index is 748. The highest BCUT2D eigenvalue weighted by Gasteiger charge is 2.26. The van der Waals surface area contributed by atoms with E-state index in [0.29, 0.717) is 26.2 Å². The van der Waals surface area contributed by atoms with Gasteiger partial charge in [0.1, 0.15) is 5.88 Å². The third kappa shape index (κ3) is 6.06. The second-order valence-electron chi connectivity index (χ2n) is 6.86. The molecule has 150 valence electrons. The van der Waals surface area contributed by atoms with Gasteiger partial charge in [0.25, 0.3) is 0 Å². The summed E-state index contributed by atoms with van der Waals surface area (Å²) in [7, 11) is 0.